The summed E-state index contributed by atoms with van der Waals surface area (Å²) < 4.78 is 8.53. The van der Waals surface area contributed by atoms with Gasteiger partial charge >= 0.3 is 5.43 Å². The minimum absolute atomic E-state index is 0.106. The van der Waals surface area contributed by atoms with Crippen molar-refractivity contribution in [2.45, 2.75) is 26.9 Å². The van der Waals surface area contributed by atoms with Crippen LogP contribution in [0.3, 0.4) is 0 Å². The Morgan fingerprint density at radius 3 is 2.08 bits per heavy atom. The van der Waals surface area contributed by atoms with E-state index in [1.54, 1.807) is 20.8 Å². The summed E-state index contributed by atoms with van der Waals surface area (Å²) in [4.78, 5) is 19.0. The molecule has 0 aromatic rings. The smallest absolute Gasteiger partial charge is 0.404 e. The molecule has 0 amide bonds. The average molecular weight is 197 g/mol. The van der Waals surface area contributed by atoms with E-state index in [4.69, 9.17) is 11.6 Å². The second kappa shape index (κ2) is 10.2. The van der Waals surface area contributed by atoms with Gasteiger partial charge in [0.05, 0.1) is 12.7 Å². The van der Waals surface area contributed by atoms with Crippen molar-refractivity contribution < 1.29 is 19.1 Å². The first-order valence-corrected chi connectivity index (χ1v) is 3.83. The molecule has 72 valence electrons. The van der Waals surface area contributed by atoms with Crippen molar-refractivity contribution >= 4 is 23.5 Å². The van der Waals surface area contributed by atoms with Crippen molar-refractivity contribution in [1.82, 2.24) is 0 Å². The zero-order valence-electron chi connectivity index (χ0n) is 7.37. The molecule has 0 unspecified atom stereocenters. The summed E-state index contributed by atoms with van der Waals surface area (Å²) in [7, 11) is 0. The minimum Gasteiger partial charge on any atom is -0.468 e. The highest BCUT2D eigenvalue weighted by Crippen LogP contribution is 1.92. The monoisotopic (exact) mass is 196 g/mol. The van der Waals surface area contributed by atoms with Crippen LogP contribution in [0.5, 0.6) is 0 Å². The molecule has 0 heterocycles. The normalized spacial score (nSPS) is 8.08. The van der Waals surface area contributed by atoms with Gasteiger partial charge in [-0.25, -0.2) is 4.79 Å². The molecule has 0 bridgehead atoms. The molecule has 4 nitrogen and oxygen atoms in total. The Morgan fingerprint density at radius 2 is 2.08 bits per heavy atom. The predicted octanol–water partition coefficient (Wildman–Crippen LogP) is 1.95. The van der Waals surface area contributed by atoms with Gasteiger partial charge in [0.1, 0.15) is 0 Å². The molecule has 0 aromatic heterocycles. The zero-order valence-corrected chi connectivity index (χ0v) is 8.13. The highest BCUT2D eigenvalue weighted by atomic mass is 35.5. The molecule has 0 N–H and O–H groups in total. The Hall–Kier alpha value is -0.770. The first kappa shape index (κ1) is 13.8. The van der Waals surface area contributed by atoms with Gasteiger partial charge in [-0.15, -0.1) is 0 Å². The molecule has 12 heavy (non-hydrogen) atoms. The number of ether oxygens (including phenoxy) is 2. The molecule has 0 atom stereocenters. The Morgan fingerprint density at radius 1 is 1.58 bits per heavy atom. The van der Waals surface area contributed by atoms with Crippen LogP contribution in [-0.2, 0) is 14.3 Å². The van der Waals surface area contributed by atoms with E-state index in [2.05, 4.69) is 9.47 Å². The van der Waals surface area contributed by atoms with Crippen LogP contribution in [0.2, 0.25) is 0 Å². The summed E-state index contributed by atoms with van der Waals surface area (Å²) >= 11 is 4.81. The van der Waals surface area contributed by atoms with Crippen LogP contribution in [0.15, 0.2) is 0 Å². The van der Waals surface area contributed by atoms with Crippen LogP contribution in [0.4, 0.5) is 4.79 Å². The Bertz CT molecular complexity index is 125. The molecule has 0 aliphatic rings. The predicted molar refractivity (Wildman–Crippen MR) is 45.2 cm³/mol. The second-order valence-corrected chi connectivity index (χ2v) is 2.26. The first-order valence-electron chi connectivity index (χ1n) is 3.45. The van der Waals surface area contributed by atoms with Crippen molar-refractivity contribution in [3.63, 3.8) is 0 Å². The van der Waals surface area contributed by atoms with Crippen LogP contribution in [-0.4, -0.2) is 24.6 Å². The Kier molecular flexibility index (Phi) is 11.8. The molecule has 0 aromatic carbocycles. The molecule has 0 spiro atoms. The SMILES string of the molecule is CC(C)OC(=O)Cl.CCOC=O. The van der Waals surface area contributed by atoms with Gasteiger partial charge in [0, 0.05) is 11.6 Å². The van der Waals surface area contributed by atoms with Gasteiger partial charge in [-0.05, 0) is 20.8 Å². The molecule has 0 radical (unpaired) electrons. The molecular formula is C7H13ClO4. The molecule has 0 aliphatic heterocycles. The number of carbonyl (C=O) groups excluding carboxylic acids is 2. The standard InChI is InChI=1S/C4H7ClO2.C3H6O2/c1-3(2)7-4(5)6;1-2-5-3-4/h3H,1-2H3;3H,2H2,1H3. The van der Waals surface area contributed by atoms with E-state index >= 15 is 0 Å². The van der Waals surface area contributed by atoms with E-state index in [1.807, 2.05) is 0 Å². The van der Waals surface area contributed by atoms with Crippen molar-refractivity contribution in [3.8, 4) is 0 Å². The van der Waals surface area contributed by atoms with Crippen molar-refractivity contribution in [3.05, 3.63) is 0 Å². The number of halogens is 1. The maximum atomic E-state index is 9.80. The molecule has 0 rings (SSSR count). The van der Waals surface area contributed by atoms with Gasteiger partial charge in [-0.3, -0.25) is 4.79 Å². The summed E-state index contributed by atoms with van der Waals surface area (Å²) in [6, 6.07) is 0. The summed E-state index contributed by atoms with van der Waals surface area (Å²) in [5.41, 5.74) is -0.741. The molecule has 0 fully saturated rings. The van der Waals surface area contributed by atoms with Crippen LogP contribution in [0.25, 0.3) is 0 Å². The fourth-order valence-electron chi connectivity index (χ4n) is 0.253. The van der Waals surface area contributed by atoms with Gasteiger partial charge in [0.2, 0.25) is 0 Å². The van der Waals surface area contributed by atoms with Gasteiger partial charge in [0.25, 0.3) is 6.47 Å². The number of carbonyl (C=O) groups is 2. The third-order valence-corrected chi connectivity index (χ3v) is 0.652. The van der Waals surface area contributed by atoms with Crippen LogP contribution < -0.4 is 0 Å². The third-order valence-electron chi connectivity index (χ3n) is 0.563. The van der Waals surface area contributed by atoms with Gasteiger partial charge in [0.15, 0.2) is 0 Å². The van der Waals surface area contributed by atoms with Gasteiger partial charge in [-0.2, -0.15) is 0 Å². The summed E-state index contributed by atoms with van der Waals surface area (Å²) in [5, 5.41) is 0. The molecule has 0 saturated carbocycles. The highest BCUT2D eigenvalue weighted by molar-refractivity contribution is 6.61. The minimum atomic E-state index is -0.741. The Balaban J connectivity index is 0. The van der Waals surface area contributed by atoms with E-state index in [1.165, 1.54) is 0 Å². The summed E-state index contributed by atoms with van der Waals surface area (Å²) in [6.45, 7) is 6.14. The summed E-state index contributed by atoms with van der Waals surface area (Å²) in [6.07, 6.45) is -0.106. The topological polar surface area (TPSA) is 52.6 Å². The van der Waals surface area contributed by atoms with Crippen molar-refractivity contribution in [2.24, 2.45) is 0 Å². The Labute approximate surface area is 76.8 Å². The lowest BCUT2D eigenvalue weighted by atomic mass is 10.5. The van der Waals surface area contributed by atoms with E-state index in [9.17, 15) is 9.59 Å². The van der Waals surface area contributed by atoms with Crippen LogP contribution in [0.1, 0.15) is 20.8 Å². The lowest BCUT2D eigenvalue weighted by Gasteiger charge is -2.00. The highest BCUT2D eigenvalue weighted by Gasteiger charge is 1.96. The maximum absolute atomic E-state index is 9.80. The molecule has 0 saturated heterocycles. The number of rotatable bonds is 3. The molecular weight excluding hydrogens is 184 g/mol. The van der Waals surface area contributed by atoms with E-state index < -0.39 is 5.43 Å². The fraction of sp³-hybridized carbons (Fsp3) is 0.714. The van der Waals surface area contributed by atoms with E-state index in [0.29, 0.717) is 13.1 Å². The molecule has 5 heteroatoms. The zero-order chi connectivity index (χ0) is 9.98. The lowest BCUT2D eigenvalue weighted by Crippen LogP contribution is -2.03. The maximum Gasteiger partial charge on any atom is 0.404 e. The largest absolute Gasteiger partial charge is 0.468 e. The quantitative estimate of drug-likeness (QED) is 0.512. The number of hydrogen-bond acceptors (Lipinski definition) is 4. The molecule has 0 aliphatic carbocycles. The van der Waals surface area contributed by atoms with Gasteiger partial charge in [-0.1, -0.05) is 0 Å². The fourth-order valence-corrected chi connectivity index (χ4v) is 0.432. The summed E-state index contributed by atoms with van der Waals surface area (Å²) in [5.74, 6) is 0. The van der Waals surface area contributed by atoms with Crippen molar-refractivity contribution in [2.75, 3.05) is 6.61 Å². The first-order chi connectivity index (χ1) is 5.54. The second-order valence-electron chi connectivity index (χ2n) is 1.96. The van der Waals surface area contributed by atoms with E-state index in [-0.39, 0.29) is 6.10 Å². The third kappa shape index (κ3) is 22.9. The average Bonchev–Trinajstić information content (AvgIpc) is 1.87. The van der Waals surface area contributed by atoms with Crippen LogP contribution >= 0.6 is 11.6 Å². The van der Waals surface area contributed by atoms with E-state index in [0.717, 1.165) is 0 Å². The number of hydrogen-bond donors (Lipinski definition) is 0. The lowest BCUT2D eigenvalue weighted by molar-refractivity contribution is -0.128. The van der Waals surface area contributed by atoms with Crippen LogP contribution in [0, 0.1) is 0 Å². The van der Waals surface area contributed by atoms with Gasteiger partial charge < -0.3 is 9.47 Å². The van der Waals surface area contributed by atoms with Crippen molar-refractivity contribution in [1.29, 1.82) is 0 Å².